The fraction of sp³-hybridized carbons (Fsp3) is 0.278. The zero-order valence-electron chi connectivity index (χ0n) is 12.8. The molecule has 4 nitrogen and oxygen atoms in total. The fourth-order valence-electron chi connectivity index (χ4n) is 2.29. The van der Waals surface area contributed by atoms with Crippen LogP contribution in [0.5, 0.6) is 11.5 Å². The standard InChI is InChI=1S/C18H20O4/c1-3-7-14-10-15(11-16(19)17(14)18(20)21-2)22-12-13-8-5-4-6-9-13/h4-6,8-11,19H,3,7,12H2,1-2H3. The molecule has 0 aliphatic rings. The Morgan fingerprint density at radius 3 is 2.55 bits per heavy atom. The molecule has 2 aromatic carbocycles. The van der Waals surface area contributed by atoms with Gasteiger partial charge < -0.3 is 14.6 Å². The number of rotatable bonds is 6. The van der Waals surface area contributed by atoms with Gasteiger partial charge >= 0.3 is 5.97 Å². The normalized spacial score (nSPS) is 10.3. The summed E-state index contributed by atoms with van der Waals surface area (Å²) in [6.07, 6.45) is 1.52. The van der Waals surface area contributed by atoms with E-state index in [2.05, 4.69) is 0 Å². The first-order valence-corrected chi connectivity index (χ1v) is 7.26. The largest absolute Gasteiger partial charge is 0.507 e. The summed E-state index contributed by atoms with van der Waals surface area (Å²) in [7, 11) is 1.30. The summed E-state index contributed by atoms with van der Waals surface area (Å²) in [6, 6.07) is 13.0. The van der Waals surface area contributed by atoms with Crippen molar-refractivity contribution < 1.29 is 19.4 Å². The lowest BCUT2D eigenvalue weighted by molar-refractivity contribution is 0.0596. The highest BCUT2D eigenvalue weighted by Crippen LogP contribution is 2.30. The van der Waals surface area contributed by atoms with Crippen molar-refractivity contribution in [3.63, 3.8) is 0 Å². The molecule has 22 heavy (non-hydrogen) atoms. The van der Waals surface area contributed by atoms with E-state index in [1.165, 1.54) is 13.2 Å². The Balaban J connectivity index is 2.24. The van der Waals surface area contributed by atoms with E-state index in [4.69, 9.17) is 9.47 Å². The number of carbonyl (C=O) groups excluding carboxylic acids is 1. The van der Waals surface area contributed by atoms with Crippen molar-refractivity contribution in [2.24, 2.45) is 0 Å². The number of ether oxygens (including phenoxy) is 2. The van der Waals surface area contributed by atoms with Crippen LogP contribution >= 0.6 is 0 Å². The van der Waals surface area contributed by atoms with Crippen molar-refractivity contribution >= 4 is 5.97 Å². The minimum Gasteiger partial charge on any atom is -0.507 e. The number of esters is 1. The zero-order chi connectivity index (χ0) is 15.9. The van der Waals surface area contributed by atoms with Gasteiger partial charge in [0.15, 0.2) is 0 Å². The highest BCUT2D eigenvalue weighted by Gasteiger charge is 2.18. The number of hydrogen-bond acceptors (Lipinski definition) is 4. The number of aryl methyl sites for hydroxylation is 1. The Morgan fingerprint density at radius 2 is 1.91 bits per heavy atom. The van der Waals surface area contributed by atoms with Gasteiger partial charge in [-0.05, 0) is 23.6 Å². The molecule has 2 rings (SSSR count). The predicted molar refractivity (Wildman–Crippen MR) is 84.2 cm³/mol. The Labute approximate surface area is 130 Å². The van der Waals surface area contributed by atoms with Crippen molar-refractivity contribution in [2.45, 2.75) is 26.4 Å². The summed E-state index contributed by atoms with van der Waals surface area (Å²) >= 11 is 0. The number of phenols is 1. The van der Waals surface area contributed by atoms with E-state index in [1.54, 1.807) is 6.07 Å². The number of aromatic hydroxyl groups is 1. The van der Waals surface area contributed by atoms with Crippen LogP contribution in [0.15, 0.2) is 42.5 Å². The second-order valence-corrected chi connectivity index (χ2v) is 4.99. The third kappa shape index (κ3) is 3.79. The summed E-state index contributed by atoms with van der Waals surface area (Å²) in [5, 5.41) is 10.1. The Morgan fingerprint density at radius 1 is 1.18 bits per heavy atom. The molecule has 0 amide bonds. The van der Waals surface area contributed by atoms with E-state index in [1.807, 2.05) is 37.3 Å². The van der Waals surface area contributed by atoms with Gasteiger partial charge in [-0.25, -0.2) is 4.79 Å². The van der Waals surface area contributed by atoms with Gasteiger partial charge in [0.2, 0.25) is 0 Å². The molecule has 0 fully saturated rings. The average molecular weight is 300 g/mol. The van der Waals surface area contributed by atoms with Crippen molar-refractivity contribution in [3.05, 3.63) is 59.2 Å². The molecule has 0 saturated carbocycles. The lowest BCUT2D eigenvalue weighted by atomic mass is 10.0. The maximum Gasteiger partial charge on any atom is 0.341 e. The van der Waals surface area contributed by atoms with Crippen molar-refractivity contribution in [3.8, 4) is 11.5 Å². The highest BCUT2D eigenvalue weighted by atomic mass is 16.5. The van der Waals surface area contributed by atoms with Crippen LogP contribution in [0.2, 0.25) is 0 Å². The number of phenolic OH excluding ortho intramolecular Hbond substituents is 1. The molecular formula is C18H20O4. The molecule has 0 saturated heterocycles. The van der Waals surface area contributed by atoms with Crippen LogP contribution in [0.1, 0.15) is 34.8 Å². The molecule has 4 heteroatoms. The summed E-state index contributed by atoms with van der Waals surface area (Å²) in [5.41, 5.74) is 1.99. The van der Waals surface area contributed by atoms with Crippen LogP contribution in [0.4, 0.5) is 0 Å². The summed E-state index contributed by atoms with van der Waals surface area (Å²) in [4.78, 5) is 11.8. The van der Waals surface area contributed by atoms with Gasteiger partial charge in [-0.3, -0.25) is 0 Å². The van der Waals surface area contributed by atoms with Crippen LogP contribution in [0.3, 0.4) is 0 Å². The van der Waals surface area contributed by atoms with Crippen LogP contribution in [-0.4, -0.2) is 18.2 Å². The number of hydrogen-bond donors (Lipinski definition) is 1. The van der Waals surface area contributed by atoms with Crippen LogP contribution < -0.4 is 4.74 Å². The topological polar surface area (TPSA) is 55.8 Å². The van der Waals surface area contributed by atoms with Gasteiger partial charge in [0.25, 0.3) is 0 Å². The summed E-state index contributed by atoms with van der Waals surface area (Å²) in [6.45, 7) is 2.42. The quantitative estimate of drug-likeness (QED) is 0.826. The molecule has 1 N–H and O–H groups in total. The van der Waals surface area contributed by atoms with Gasteiger partial charge in [-0.1, -0.05) is 43.7 Å². The lowest BCUT2D eigenvalue weighted by Gasteiger charge is -2.13. The fourth-order valence-corrected chi connectivity index (χ4v) is 2.29. The van der Waals surface area contributed by atoms with E-state index in [-0.39, 0.29) is 11.3 Å². The third-order valence-electron chi connectivity index (χ3n) is 3.33. The zero-order valence-corrected chi connectivity index (χ0v) is 12.8. The molecule has 0 aliphatic carbocycles. The van der Waals surface area contributed by atoms with E-state index in [9.17, 15) is 9.90 Å². The first-order valence-electron chi connectivity index (χ1n) is 7.26. The SMILES string of the molecule is CCCc1cc(OCc2ccccc2)cc(O)c1C(=O)OC. The lowest BCUT2D eigenvalue weighted by Crippen LogP contribution is -2.07. The van der Waals surface area contributed by atoms with Crippen LogP contribution in [0, 0.1) is 0 Å². The molecule has 0 spiro atoms. The maximum atomic E-state index is 11.8. The van der Waals surface area contributed by atoms with Gasteiger partial charge in [-0.2, -0.15) is 0 Å². The first-order chi connectivity index (χ1) is 10.7. The minimum atomic E-state index is -0.532. The maximum absolute atomic E-state index is 11.8. The van der Waals surface area contributed by atoms with Crippen molar-refractivity contribution in [1.29, 1.82) is 0 Å². The van der Waals surface area contributed by atoms with Crippen LogP contribution in [0.25, 0.3) is 0 Å². The predicted octanol–water partition coefficient (Wildman–Crippen LogP) is 3.71. The van der Waals surface area contributed by atoms with E-state index in [0.29, 0.717) is 18.8 Å². The highest BCUT2D eigenvalue weighted by molar-refractivity contribution is 5.94. The molecule has 0 atom stereocenters. The van der Waals surface area contributed by atoms with Crippen molar-refractivity contribution in [2.75, 3.05) is 7.11 Å². The summed E-state index contributed by atoms with van der Waals surface area (Å²) in [5.74, 6) is -0.103. The Bertz CT molecular complexity index is 635. The molecule has 0 aliphatic heterocycles. The van der Waals surface area contributed by atoms with E-state index in [0.717, 1.165) is 17.5 Å². The smallest absolute Gasteiger partial charge is 0.341 e. The van der Waals surface area contributed by atoms with Gasteiger partial charge in [-0.15, -0.1) is 0 Å². The summed E-state index contributed by atoms with van der Waals surface area (Å²) < 4.78 is 10.4. The Hall–Kier alpha value is -2.49. The average Bonchev–Trinajstić information content (AvgIpc) is 2.53. The van der Waals surface area contributed by atoms with E-state index >= 15 is 0 Å². The van der Waals surface area contributed by atoms with Crippen LogP contribution in [-0.2, 0) is 17.8 Å². The minimum absolute atomic E-state index is 0.110. The Kier molecular flexibility index (Phi) is 5.42. The molecule has 0 aromatic heterocycles. The van der Waals surface area contributed by atoms with Crippen molar-refractivity contribution in [1.82, 2.24) is 0 Å². The monoisotopic (exact) mass is 300 g/mol. The molecular weight excluding hydrogens is 280 g/mol. The second-order valence-electron chi connectivity index (χ2n) is 4.99. The second kappa shape index (κ2) is 7.50. The molecule has 116 valence electrons. The van der Waals surface area contributed by atoms with E-state index < -0.39 is 5.97 Å². The molecule has 2 aromatic rings. The number of methoxy groups -OCH3 is 1. The molecule has 0 heterocycles. The van der Waals surface area contributed by atoms with Gasteiger partial charge in [0, 0.05) is 6.07 Å². The first kappa shape index (κ1) is 15.9. The third-order valence-corrected chi connectivity index (χ3v) is 3.33. The molecule has 0 bridgehead atoms. The number of carbonyl (C=O) groups is 1. The molecule has 0 radical (unpaired) electrons. The van der Waals surface area contributed by atoms with Gasteiger partial charge in [0.1, 0.15) is 23.7 Å². The number of benzene rings is 2. The van der Waals surface area contributed by atoms with Gasteiger partial charge in [0.05, 0.1) is 7.11 Å². The molecule has 0 unspecified atom stereocenters.